The van der Waals surface area contributed by atoms with Gasteiger partial charge in [0.2, 0.25) is 0 Å². The molecule has 88 valence electrons. The molecule has 3 nitrogen and oxygen atoms in total. The van der Waals surface area contributed by atoms with E-state index in [1.165, 1.54) is 24.0 Å². The second-order valence-corrected chi connectivity index (χ2v) is 4.15. The van der Waals surface area contributed by atoms with Crippen LogP contribution in [0.1, 0.15) is 30.0 Å². The Morgan fingerprint density at radius 1 is 1.38 bits per heavy atom. The SMILES string of the molecule is COCc1ccc(OC)cc1C1CCCN1. The van der Waals surface area contributed by atoms with E-state index >= 15 is 0 Å². The van der Waals surface area contributed by atoms with Crippen LogP contribution in [0, 0.1) is 0 Å². The molecule has 1 saturated heterocycles. The van der Waals surface area contributed by atoms with Crippen LogP contribution in [0.25, 0.3) is 0 Å². The van der Waals surface area contributed by atoms with Gasteiger partial charge in [-0.3, -0.25) is 0 Å². The summed E-state index contributed by atoms with van der Waals surface area (Å²) in [5.74, 6) is 0.920. The number of rotatable bonds is 4. The Kier molecular flexibility index (Phi) is 3.80. The summed E-state index contributed by atoms with van der Waals surface area (Å²) in [5.41, 5.74) is 2.57. The highest BCUT2D eigenvalue weighted by atomic mass is 16.5. The predicted molar refractivity (Wildman–Crippen MR) is 63.7 cm³/mol. The van der Waals surface area contributed by atoms with Gasteiger partial charge in [-0.1, -0.05) is 6.07 Å². The van der Waals surface area contributed by atoms with Crippen LogP contribution in [0.15, 0.2) is 18.2 Å². The zero-order valence-electron chi connectivity index (χ0n) is 9.95. The normalized spacial score (nSPS) is 20.0. The van der Waals surface area contributed by atoms with E-state index in [0.29, 0.717) is 12.6 Å². The van der Waals surface area contributed by atoms with Crippen molar-refractivity contribution in [3.63, 3.8) is 0 Å². The zero-order valence-corrected chi connectivity index (χ0v) is 9.95. The van der Waals surface area contributed by atoms with Crippen LogP contribution in [0.5, 0.6) is 5.75 Å². The number of nitrogens with one attached hydrogen (secondary N) is 1. The summed E-state index contributed by atoms with van der Waals surface area (Å²) in [5, 5.41) is 3.51. The third-order valence-corrected chi connectivity index (χ3v) is 3.09. The van der Waals surface area contributed by atoms with Gasteiger partial charge in [-0.15, -0.1) is 0 Å². The van der Waals surface area contributed by atoms with Crippen molar-refractivity contribution in [1.82, 2.24) is 5.32 Å². The van der Waals surface area contributed by atoms with E-state index in [9.17, 15) is 0 Å². The minimum Gasteiger partial charge on any atom is -0.497 e. The van der Waals surface area contributed by atoms with Gasteiger partial charge in [-0.05, 0) is 42.6 Å². The number of hydrogen-bond donors (Lipinski definition) is 1. The number of ether oxygens (including phenoxy) is 2. The van der Waals surface area contributed by atoms with Crippen LogP contribution in [-0.4, -0.2) is 20.8 Å². The molecule has 0 aromatic heterocycles. The maximum Gasteiger partial charge on any atom is 0.119 e. The van der Waals surface area contributed by atoms with Gasteiger partial charge in [-0.25, -0.2) is 0 Å². The quantitative estimate of drug-likeness (QED) is 0.846. The summed E-state index contributed by atoms with van der Waals surface area (Å²) in [6.45, 7) is 1.77. The van der Waals surface area contributed by atoms with E-state index in [1.54, 1.807) is 14.2 Å². The molecule has 1 N–H and O–H groups in total. The number of hydrogen-bond acceptors (Lipinski definition) is 3. The second kappa shape index (κ2) is 5.32. The highest BCUT2D eigenvalue weighted by Crippen LogP contribution is 2.29. The van der Waals surface area contributed by atoms with Crippen molar-refractivity contribution < 1.29 is 9.47 Å². The largest absolute Gasteiger partial charge is 0.497 e. The monoisotopic (exact) mass is 221 g/mol. The van der Waals surface area contributed by atoms with Gasteiger partial charge in [0, 0.05) is 13.2 Å². The van der Waals surface area contributed by atoms with E-state index in [4.69, 9.17) is 9.47 Å². The lowest BCUT2D eigenvalue weighted by Gasteiger charge is -2.16. The Morgan fingerprint density at radius 3 is 2.88 bits per heavy atom. The molecule has 0 spiro atoms. The minimum atomic E-state index is 0.459. The first-order valence-corrected chi connectivity index (χ1v) is 5.74. The summed E-state index contributed by atoms with van der Waals surface area (Å²) >= 11 is 0. The fourth-order valence-electron chi connectivity index (χ4n) is 2.26. The Morgan fingerprint density at radius 2 is 2.25 bits per heavy atom. The van der Waals surface area contributed by atoms with Crippen molar-refractivity contribution in [2.24, 2.45) is 0 Å². The molecule has 1 aromatic carbocycles. The molecule has 0 saturated carbocycles. The summed E-state index contributed by atoms with van der Waals surface area (Å²) in [6, 6.07) is 6.67. The molecule has 1 aliphatic heterocycles. The molecular weight excluding hydrogens is 202 g/mol. The van der Waals surface area contributed by atoms with Crippen LogP contribution < -0.4 is 10.1 Å². The van der Waals surface area contributed by atoms with Crippen LogP contribution in [0.3, 0.4) is 0 Å². The van der Waals surface area contributed by atoms with Crippen molar-refractivity contribution in [2.75, 3.05) is 20.8 Å². The smallest absolute Gasteiger partial charge is 0.119 e. The molecule has 1 unspecified atom stereocenters. The summed E-state index contributed by atoms with van der Waals surface area (Å²) in [6.07, 6.45) is 2.44. The van der Waals surface area contributed by atoms with Gasteiger partial charge in [-0.2, -0.15) is 0 Å². The Balaban J connectivity index is 2.29. The van der Waals surface area contributed by atoms with E-state index < -0.39 is 0 Å². The zero-order chi connectivity index (χ0) is 11.4. The van der Waals surface area contributed by atoms with E-state index in [-0.39, 0.29) is 0 Å². The van der Waals surface area contributed by atoms with E-state index in [1.807, 2.05) is 6.07 Å². The van der Waals surface area contributed by atoms with Crippen LogP contribution >= 0.6 is 0 Å². The summed E-state index contributed by atoms with van der Waals surface area (Å²) in [7, 11) is 3.44. The van der Waals surface area contributed by atoms with Gasteiger partial charge < -0.3 is 14.8 Å². The lowest BCUT2D eigenvalue weighted by molar-refractivity contribution is 0.183. The van der Waals surface area contributed by atoms with Gasteiger partial charge in [0.05, 0.1) is 13.7 Å². The third-order valence-electron chi connectivity index (χ3n) is 3.09. The Hall–Kier alpha value is -1.06. The van der Waals surface area contributed by atoms with Crippen molar-refractivity contribution in [3.8, 4) is 5.75 Å². The van der Waals surface area contributed by atoms with Crippen LogP contribution in [0.4, 0.5) is 0 Å². The van der Waals surface area contributed by atoms with Crippen molar-refractivity contribution in [2.45, 2.75) is 25.5 Å². The van der Waals surface area contributed by atoms with Gasteiger partial charge in [0.15, 0.2) is 0 Å². The molecule has 1 atom stereocenters. The van der Waals surface area contributed by atoms with Gasteiger partial charge in [0.1, 0.15) is 5.75 Å². The minimum absolute atomic E-state index is 0.459. The first kappa shape index (κ1) is 11.4. The van der Waals surface area contributed by atoms with E-state index in [0.717, 1.165) is 12.3 Å². The fraction of sp³-hybridized carbons (Fsp3) is 0.538. The molecule has 0 amide bonds. The Bertz CT molecular complexity index is 346. The Labute approximate surface area is 96.8 Å². The molecule has 0 bridgehead atoms. The first-order chi connectivity index (χ1) is 7.85. The average molecular weight is 221 g/mol. The molecule has 1 heterocycles. The fourth-order valence-corrected chi connectivity index (χ4v) is 2.26. The van der Waals surface area contributed by atoms with Crippen LogP contribution in [0.2, 0.25) is 0 Å². The topological polar surface area (TPSA) is 30.5 Å². The highest BCUT2D eigenvalue weighted by Gasteiger charge is 2.19. The molecule has 1 fully saturated rings. The molecule has 1 aliphatic rings. The van der Waals surface area contributed by atoms with Gasteiger partial charge >= 0.3 is 0 Å². The van der Waals surface area contributed by atoms with Crippen LogP contribution in [-0.2, 0) is 11.3 Å². The van der Waals surface area contributed by atoms with Gasteiger partial charge in [0.25, 0.3) is 0 Å². The lowest BCUT2D eigenvalue weighted by Crippen LogP contribution is -2.15. The average Bonchev–Trinajstić information content (AvgIpc) is 2.83. The molecule has 1 aromatic rings. The van der Waals surface area contributed by atoms with Crippen molar-refractivity contribution in [1.29, 1.82) is 0 Å². The first-order valence-electron chi connectivity index (χ1n) is 5.74. The van der Waals surface area contributed by atoms with E-state index in [2.05, 4.69) is 17.4 Å². The number of methoxy groups -OCH3 is 2. The number of benzene rings is 1. The third kappa shape index (κ3) is 2.36. The molecule has 0 radical (unpaired) electrons. The molecule has 0 aliphatic carbocycles. The maximum absolute atomic E-state index is 5.28. The molecular formula is C13H19NO2. The predicted octanol–water partition coefficient (Wildman–Crippen LogP) is 2.27. The highest BCUT2D eigenvalue weighted by molar-refractivity contribution is 5.37. The standard InChI is InChI=1S/C13H19NO2/c1-15-9-10-5-6-11(16-2)8-12(10)13-4-3-7-14-13/h5-6,8,13-14H,3-4,7,9H2,1-2H3. The lowest BCUT2D eigenvalue weighted by atomic mass is 9.99. The summed E-state index contributed by atoms with van der Waals surface area (Å²) < 4.78 is 10.5. The van der Waals surface area contributed by atoms with Crippen molar-refractivity contribution in [3.05, 3.63) is 29.3 Å². The maximum atomic E-state index is 5.28. The second-order valence-electron chi connectivity index (χ2n) is 4.15. The summed E-state index contributed by atoms with van der Waals surface area (Å²) in [4.78, 5) is 0. The molecule has 2 rings (SSSR count). The van der Waals surface area contributed by atoms with Crippen molar-refractivity contribution >= 4 is 0 Å². The molecule has 16 heavy (non-hydrogen) atoms. The molecule has 3 heteroatoms.